The van der Waals surface area contributed by atoms with E-state index in [1.807, 2.05) is 6.92 Å². The highest BCUT2D eigenvalue weighted by Gasteiger charge is 2.23. The average Bonchev–Trinajstić information content (AvgIpc) is 2.62. The van der Waals surface area contributed by atoms with Crippen molar-refractivity contribution in [1.29, 1.82) is 0 Å². The maximum Gasteiger partial charge on any atom is 0.0930 e. The molecule has 0 aromatic carbocycles. The van der Waals surface area contributed by atoms with E-state index in [9.17, 15) is 5.11 Å². The monoisotopic (exact) mass is 197 g/mol. The predicted octanol–water partition coefficient (Wildman–Crippen LogP) is 2.16. The van der Waals surface area contributed by atoms with Gasteiger partial charge in [-0.15, -0.1) is 11.3 Å². The van der Waals surface area contributed by atoms with Crippen LogP contribution in [0.1, 0.15) is 30.0 Å². The second kappa shape index (κ2) is 3.76. The molecule has 2 unspecified atom stereocenters. The number of aromatic nitrogens is 1. The predicted molar refractivity (Wildman–Crippen MR) is 53.9 cm³/mol. The molecule has 2 atom stereocenters. The Bertz CT molecular complexity index is 284. The topological polar surface area (TPSA) is 33.1 Å². The minimum atomic E-state index is -0.0499. The summed E-state index contributed by atoms with van der Waals surface area (Å²) >= 11 is 1.74. The zero-order valence-electron chi connectivity index (χ0n) is 7.86. The van der Waals surface area contributed by atoms with Gasteiger partial charge in [0, 0.05) is 17.5 Å². The lowest BCUT2D eigenvalue weighted by Crippen LogP contribution is -2.02. The lowest BCUT2D eigenvalue weighted by atomic mass is 10.1. The van der Waals surface area contributed by atoms with Crippen LogP contribution in [0.3, 0.4) is 0 Å². The molecule has 0 amide bonds. The highest BCUT2D eigenvalue weighted by Crippen LogP contribution is 2.29. The van der Waals surface area contributed by atoms with Gasteiger partial charge < -0.3 is 5.11 Å². The number of aryl methyl sites for hydroxylation is 1. The van der Waals surface area contributed by atoms with Crippen LogP contribution in [0.15, 0.2) is 5.38 Å². The van der Waals surface area contributed by atoms with E-state index in [1.54, 1.807) is 11.3 Å². The molecule has 0 aliphatic heterocycles. The average molecular weight is 197 g/mol. The third-order valence-electron chi connectivity index (χ3n) is 2.64. The molecule has 13 heavy (non-hydrogen) atoms. The Morgan fingerprint density at radius 2 is 2.46 bits per heavy atom. The lowest BCUT2D eigenvalue weighted by molar-refractivity contribution is 0.177. The number of thiazole rings is 1. The van der Waals surface area contributed by atoms with Gasteiger partial charge in [-0.2, -0.15) is 0 Å². The lowest BCUT2D eigenvalue weighted by Gasteiger charge is -2.05. The summed E-state index contributed by atoms with van der Waals surface area (Å²) in [6.07, 6.45) is 4.13. The molecule has 2 rings (SSSR count). The number of hydrogen-bond donors (Lipinski definition) is 1. The second-order valence-electron chi connectivity index (χ2n) is 3.92. The van der Waals surface area contributed by atoms with E-state index in [4.69, 9.17) is 0 Å². The number of nitrogens with zero attached hydrogens (tertiary/aromatic N) is 1. The molecule has 1 saturated carbocycles. The van der Waals surface area contributed by atoms with E-state index in [0.29, 0.717) is 5.92 Å². The van der Waals surface area contributed by atoms with Gasteiger partial charge in [0.05, 0.1) is 11.1 Å². The van der Waals surface area contributed by atoms with Gasteiger partial charge in [-0.1, -0.05) is 0 Å². The minimum absolute atomic E-state index is 0.0499. The van der Waals surface area contributed by atoms with Gasteiger partial charge in [-0.25, -0.2) is 4.98 Å². The fourth-order valence-electron chi connectivity index (χ4n) is 1.98. The number of aliphatic hydroxyl groups excluding tert-OH is 1. The minimum Gasteiger partial charge on any atom is -0.393 e. The number of hydrogen-bond acceptors (Lipinski definition) is 3. The maximum absolute atomic E-state index is 9.37. The normalized spacial score (nSPS) is 28.2. The van der Waals surface area contributed by atoms with Crippen LogP contribution < -0.4 is 0 Å². The molecular weight excluding hydrogens is 182 g/mol. The molecule has 1 N–H and O–H groups in total. The third-order valence-corrected chi connectivity index (χ3v) is 3.63. The van der Waals surface area contributed by atoms with E-state index in [1.165, 1.54) is 11.4 Å². The van der Waals surface area contributed by atoms with Crippen LogP contribution in [-0.2, 0) is 6.42 Å². The molecule has 1 aliphatic carbocycles. The van der Waals surface area contributed by atoms with Gasteiger partial charge in [0.25, 0.3) is 0 Å². The van der Waals surface area contributed by atoms with Crippen molar-refractivity contribution < 1.29 is 5.11 Å². The van der Waals surface area contributed by atoms with Crippen molar-refractivity contribution in [1.82, 2.24) is 4.98 Å². The first-order valence-electron chi connectivity index (χ1n) is 4.83. The Kier molecular flexibility index (Phi) is 2.65. The molecule has 3 heteroatoms. The summed E-state index contributed by atoms with van der Waals surface area (Å²) in [6, 6.07) is 0. The Morgan fingerprint density at radius 3 is 3.00 bits per heavy atom. The van der Waals surface area contributed by atoms with E-state index in [-0.39, 0.29) is 6.10 Å². The molecule has 2 nitrogen and oxygen atoms in total. The Labute approximate surface area is 82.6 Å². The van der Waals surface area contributed by atoms with Crippen molar-refractivity contribution in [2.24, 2.45) is 5.92 Å². The molecule has 0 radical (unpaired) electrons. The molecule has 72 valence electrons. The summed E-state index contributed by atoms with van der Waals surface area (Å²) in [6.45, 7) is 2.03. The van der Waals surface area contributed by atoms with Gasteiger partial charge in [-0.3, -0.25) is 0 Å². The van der Waals surface area contributed by atoms with Crippen molar-refractivity contribution >= 4 is 11.3 Å². The standard InChI is InChI=1S/C10H15NOS/c1-7-6-13-10(11-7)5-8-2-3-9(12)4-8/h6,8-9,12H,2-5H2,1H3. The van der Waals surface area contributed by atoms with Crippen LogP contribution in [-0.4, -0.2) is 16.2 Å². The summed E-state index contributed by atoms with van der Waals surface area (Å²) in [5.74, 6) is 0.667. The smallest absolute Gasteiger partial charge is 0.0930 e. The van der Waals surface area contributed by atoms with Crippen LogP contribution >= 0.6 is 11.3 Å². The van der Waals surface area contributed by atoms with Gasteiger partial charge in [-0.05, 0) is 32.1 Å². The van der Waals surface area contributed by atoms with E-state index in [2.05, 4.69) is 10.4 Å². The van der Waals surface area contributed by atoms with Crippen molar-refractivity contribution in [3.05, 3.63) is 16.1 Å². The number of rotatable bonds is 2. The van der Waals surface area contributed by atoms with Crippen LogP contribution in [0.25, 0.3) is 0 Å². The first-order chi connectivity index (χ1) is 6.24. The van der Waals surface area contributed by atoms with Gasteiger partial charge in [0.15, 0.2) is 0 Å². The molecule has 1 aromatic heterocycles. The number of aliphatic hydroxyl groups is 1. The van der Waals surface area contributed by atoms with Crippen molar-refractivity contribution in [3.8, 4) is 0 Å². The molecule has 0 spiro atoms. The van der Waals surface area contributed by atoms with Gasteiger partial charge >= 0.3 is 0 Å². The van der Waals surface area contributed by atoms with E-state index in [0.717, 1.165) is 25.0 Å². The highest BCUT2D eigenvalue weighted by atomic mass is 32.1. The molecule has 1 aromatic rings. The van der Waals surface area contributed by atoms with Crippen molar-refractivity contribution in [2.45, 2.75) is 38.7 Å². The van der Waals surface area contributed by atoms with Crippen LogP contribution in [0.4, 0.5) is 0 Å². The quantitative estimate of drug-likeness (QED) is 0.788. The van der Waals surface area contributed by atoms with Crippen LogP contribution in [0.5, 0.6) is 0 Å². The first-order valence-corrected chi connectivity index (χ1v) is 5.71. The summed E-state index contributed by atoms with van der Waals surface area (Å²) in [7, 11) is 0. The third kappa shape index (κ3) is 2.29. The summed E-state index contributed by atoms with van der Waals surface area (Å²) in [5, 5.41) is 12.7. The Hall–Kier alpha value is -0.410. The molecular formula is C10H15NOS. The largest absolute Gasteiger partial charge is 0.393 e. The molecule has 1 fully saturated rings. The van der Waals surface area contributed by atoms with E-state index < -0.39 is 0 Å². The Balaban J connectivity index is 1.91. The summed E-state index contributed by atoms with van der Waals surface area (Å²) in [4.78, 5) is 4.44. The summed E-state index contributed by atoms with van der Waals surface area (Å²) in [5.41, 5.74) is 1.12. The maximum atomic E-state index is 9.37. The van der Waals surface area contributed by atoms with Crippen molar-refractivity contribution in [3.63, 3.8) is 0 Å². The van der Waals surface area contributed by atoms with E-state index >= 15 is 0 Å². The van der Waals surface area contributed by atoms with Gasteiger partial charge in [0.1, 0.15) is 0 Å². The fraction of sp³-hybridized carbons (Fsp3) is 0.700. The summed E-state index contributed by atoms with van der Waals surface area (Å²) < 4.78 is 0. The van der Waals surface area contributed by atoms with Crippen LogP contribution in [0.2, 0.25) is 0 Å². The van der Waals surface area contributed by atoms with Crippen LogP contribution in [0, 0.1) is 12.8 Å². The molecule has 0 bridgehead atoms. The first kappa shape index (κ1) is 9.16. The zero-order chi connectivity index (χ0) is 9.26. The SMILES string of the molecule is Cc1csc(CC2CCC(O)C2)n1. The highest BCUT2D eigenvalue weighted by molar-refractivity contribution is 7.09. The second-order valence-corrected chi connectivity index (χ2v) is 4.86. The van der Waals surface area contributed by atoms with Gasteiger partial charge in [0.2, 0.25) is 0 Å². The molecule has 0 saturated heterocycles. The fourth-order valence-corrected chi connectivity index (χ4v) is 2.87. The van der Waals surface area contributed by atoms with Crippen molar-refractivity contribution in [2.75, 3.05) is 0 Å². The zero-order valence-corrected chi connectivity index (χ0v) is 8.68. The molecule has 1 heterocycles. The Morgan fingerprint density at radius 1 is 1.62 bits per heavy atom. The molecule has 1 aliphatic rings.